The number of hydrogen-bond acceptors (Lipinski definition) is 7. The minimum Gasteiger partial charge on any atom is -0.497 e. The molecule has 0 radical (unpaired) electrons. The molecule has 0 unspecified atom stereocenters. The monoisotopic (exact) mass is 435 g/mol. The average Bonchev–Trinajstić information content (AvgIpc) is 3.32. The van der Waals surface area contributed by atoms with Gasteiger partial charge in [0.05, 0.1) is 19.2 Å². The number of amides is 1. The van der Waals surface area contributed by atoms with Crippen molar-refractivity contribution in [3.63, 3.8) is 0 Å². The van der Waals surface area contributed by atoms with Gasteiger partial charge < -0.3 is 28.5 Å². The molecule has 0 atom stereocenters. The number of methoxy groups -OCH3 is 1. The minimum atomic E-state index is 0.0569. The van der Waals surface area contributed by atoms with Gasteiger partial charge >= 0.3 is 0 Å². The molecule has 1 fully saturated rings. The summed E-state index contributed by atoms with van der Waals surface area (Å²) < 4.78 is 21.9. The van der Waals surface area contributed by atoms with Crippen LogP contribution in [0.4, 0.5) is 5.69 Å². The Morgan fingerprint density at radius 3 is 2.47 bits per heavy atom. The van der Waals surface area contributed by atoms with Crippen molar-refractivity contribution in [3.05, 3.63) is 54.2 Å². The van der Waals surface area contributed by atoms with Gasteiger partial charge in [-0.2, -0.15) is 0 Å². The Labute approximate surface area is 186 Å². The van der Waals surface area contributed by atoms with Crippen molar-refractivity contribution in [2.75, 3.05) is 51.4 Å². The quantitative estimate of drug-likeness (QED) is 0.610. The van der Waals surface area contributed by atoms with Crippen LogP contribution in [-0.2, 0) is 11.2 Å². The Morgan fingerprint density at radius 2 is 1.72 bits per heavy atom. The highest BCUT2D eigenvalue weighted by Gasteiger charge is 2.23. The number of rotatable bonds is 5. The molecule has 8 nitrogen and oxygen atoms in total. The van der Waals surface area contributed by atoms with Crippen molar-refractivity contribution in [3.8, 4) is 28.6 Å². The van der Waals surface area contributed by atoms with Gasteiger partial charge in [-0.15, -0.1) is 0 Å². The highest BCUT2D eigenvalue weighted by Crippen LogP contribution is 2.34. The van der Waals surface area contributed by atoms with Gasteiger partial charge in [0.2, 0.25) is 5.91 Å². The zero-order valence-electron chi connectivity index (χ0n) is 18.0. The van der Waals surface area contributed by atoms with Crippen LogP contribution in [0, 0.1) is 0 Å². The maximum atomic E-state index is 12.8. The summed E-state index contributed by atoms with van der Waals surface area (Å²) in [5.74, 6) is 2.92. The van der Waals surface area contributed by atoms with Gasteiger partial charge in [0.25, 0.3) is 0 Å². The molecule has 32 heavy (non-hydrogen) atoms. The van der Waals surface area contributed by atoms with Gasteiger partial charge in [-0.1, -0.05) is 5.16 Å². The van der Waals surface area contributed by atoms with Crippen LogP contribution in [0.25, 0.3) is 11.3 Å². The number of piperazine rings is 1. The molecule has 2 aromatic carbocycles. The summed E-state index contributed by atoms with van der Waals surface area (Å²) >= 11 is 0. The van der Waals surface area contributed by atoms with Crippen molar-refractivity contribution < 1.29 is 23.5 Å². The normalized spacial score (nSPS) is 15.5. The molecule has 3 heterocycles. The number of benzene rings is 2. The first-order valence-corrected chi connectivity index (χ1v) is 10.7. The summed E-state index contributed by atoms with van der Waals surface area (Å²) in [5.41, 5.74) is 2.60. The molecule has 8 heteroatoms. The van der Waals surface area contributed by atoms with Crippen LogP contribution in [-0.4, -0.2) is 62.5 Å². The summed E-state index contributed by atoms with van der Waals surface area (Å²) in [6, 6.07) is 15.5. The summed E-state index contributed by atoms with van der Waals surface area (Å²) in [6.07, 6.45) is 0.219. The van der Waals surface area contributed by atoms with Gasteiger partial charge in [0.1, 0.15) is 19.0 Å². The maximum Gasteiger partial charge on any atom is 0.228 e. The second-order valence-corrected chi connectivity index (χ2v) is 7.78. The highest BCUT2D eigenvalue weighted by molar-refractivity contribution is 5.79. The van der Waals surface area contributed by atoms with Crippen LogP contribution in [0.3, 0.4) is 0 Å². The van der Waals surface area contributed by atoms with Crippen molar-refractivity contribution in [1.29, 1.82) is 0 Å². The third kappa shape index (κ3) is 4.21. The molecular weight excluding hydrogens is 410 g/mol. The molecule has 5 rings (SSSR count). The first-order chi connectivity index (χ1) is 15.7. The van der Waals surface area contributed by atoms with E-state index < -0.39 is 0 Å². The number of nitrogens with zero attached hydrogens (tertiary/aromatic N) is 3. The standard InChI is InChI=1S/C24H25N3O5/c1-29-20-5-3-19(4-6-20)26-8-10-27(11-9-26)24(28)16-18-15-22(32-25-18)17-2-7-21-23(14-17)31-13-12-30-21/h2-7,14-15H,8-13,16H2,1H3. The molecule has 0 aliphatic carbocycles. The second kappa shape index (κ2) is 8.82. The Balaban J connectivity index is 1.18. The van der Waals surface area contributed by atoms with E-state index in [1.807, 2.05) is 53.4 Å². The Kier molecular flexibility index (Phi) is 5.58. The van der Waals surface area contributed by atoms with Gasteiger partial charge in [0.15, 0.2) is 17.3 Å². The third-order valence-electron chi connectivity index (χ3n) is 5.79. The molecule has 0 N–H and O–H groups in total. The van der Waals surface area contributed by atoms with Gasteiger partial charge in [0, 0.05) is 43.5 Å². The first kappa shape index (κ1) is 20.2. The van der Waals surface area contributed by atoms with E-state index >= 15 is 0 Å². The lowest BCUT2D eigenvalue weighted by Gasteiger charge is -2.36. The van der Waals surface area contributed by atoms with Gasteiger partial charge in [-0.05, 0) is 42.5 Å². The number of carbonyl (C=O) groups excluding carboxylic acids is 1. The van der Waals surface area contributed by atoms with E-state index in [0.29, 0.717) is 43.5 Å². The van der Waals surface area contributed by atoms with Crippen LogP contribution in [0.5, 0.6) is 17.2 Å². The van der Waals surface area contributed by atoms with E-state index in [1.54, 1.807) is 7.11 Å². The fourth-order valence-electron chi connectivity index (χ4n) is 4.00. The predicted octanol–water partition coefficient (Wildman–Crippen LogP) is 3.01. The average molecular weight is 435 g/mol. The molecule has 3 aromatic rings. The van der Waals surface area contributed by atoms with Crippen LogP contribution < -0.4 is 19.1 Å². The molecule has 0 bridgehead atoms. The van der Waals surface area contributed by atoms with Crippen molar-refractivity contribution in [1.82, 2.24) is 10.1 Å². The molecular formula is C24H25N3O5. The lowest BCUT2D eigenvalue weighted by atomic mass is 10.1. The fourth-order valence-corrected chi connectivity index (χ4v) is 4.00. The van der Waals surface area contributed by atoms with Crippen LogP contribution in [0.15, 0.2) is 53.1 Å². The molecule has 1 aromatic heterocycles. The zero-order chi connectivity index (χ0) is 21.9. The van der Waals surface area contributed by atoms with Crippen molar-refractivity contribution in [2.45, 2.75) is 6.42 Å². The zero-order valence-corrected chi connectivity index (χ0v) is 18.0. The number of anilines is 1. The van der Waals surface area contributed by atoms with Gasteiger partial charge in [-0.3, -0.25) is 4.79 Å². The number of ether oxygens (including phenoxy) is 3. The second-order valence-electron chi connectivity index (χ2n) is 7.78. The number of fused-ring (bicyclic) bond motifs is 1. The fraction of sp³-hybridized carbons (Fsp3) is 0.333. The third-order valence-corrected chi connectivity index (χ3v) is 5.79. The van der Waals surface area contributed by atoms with Crippen LogP contribution >= 0.6 is 0 Å². The Hall–Kier alpha value is -3.68. The maximum absolute atomic E-state index is 12.8. The summed E-state index contributed by atoms with van der Waals surface area (Å²) in [5, 5.41) is 4.10. The molecule has 1 amide bonds. The van der Waals surface area contributed by atoms with E-state index in [2.05, 4.69) is 10.1 Å². The largest absolute Gasteiger partial charge is 0.497 e. The molecule has 166 valence electrons. The van der Waals surface area contributed by atoms with E-state index in [0.717, 1.165) is 35.8 Å². The summed E-state index contributed by atoms with van der Waals surface area (Å²) in [6.45, 7) is 4.02. The number of hydrogen-bond donors (Lipinski definition) is 0. The molecule has 2 aliphatic heterocycles. The van der Waals surface area contributed by atoms with E-state index in [1.165, 1.54) is 0 Å². The Morgan fingerprint density at radius 1 is 0.969 bits per heavy atom. The van der Waals surface area contributed by atoms with Crippen molar-refractivity contribution >= 4 is 11.6 Å². The first-order valence-electron chi connectivity index (χ1n) is 10.7. The van der Waals surface area contributed by atoms with Crippen molar-refractivity contribution in [2.24, 2.45) is 0 Å². The lowest BCUT2D eigenvalue weighted by molar-refractivity contribution is -0.130. The SMILES string of the molecule is COc1ccc(N2CCN(C(=O)Cc3cc(-c4ccc5c(c4)OCCO5)on3)CC2)cc1. The smallest absolute Gasteiger partial charge is 0.228 e. The van der Waals surface area contributed by atoms with Crippen LogP contribution in [0.1, 0.15) is 5.69 Å². The topological polar surface area (TPSA) is 77.3 Å². The number of aromatic nitrogens is 1. The summed E-state index contributed by atoms with van der Waals surface area (Å²) in [7, 11) is 1.66. The van der Waals surface area contributed by atoms with E-state index in [4.69, 9.17) is 18.7 Å². The van der Waals surface area contributed by atoms with Gasteiger partial charge in [-0.25, -0.2) is 0 Å². The molecule has 2 aliphatic rings. The van der Waals surface area contributed by atoms with E-state index in [9.17, 15) is 4.79 Å². The molecule has 1 saturated heterocycles. The lowest BCUT2D eigenvalue weighted by Crippen LogP contribution is -2.49. The van der Waals surface area contributed by atoms with Crippen LogP contribution in [0.2, 0.25) is 0 Å². The number of carbonyl (C=O) groups is 1. The highest BCUT2D eigenvalue weighted by atomic mass is 16.6. The predicted molar refractivity (Wildman–Crippen MR) is 118 cm³/mol. The Bertz CT molecular complexity index is 1090. The van der Waals surface area contributed by atoms with E-state index in [-0.39, 0.29) is 12.3 Å². The molecule has 0 saturated carbocycles. The molecule has 0 spiro atoms. The summed E-state index contributed by atoms with van der Waals surface area (Å²) in [4.78, 5) is 17.0. The minimum absolute atomic E-state index is 0.0569.